The highest BCUT2D eigenvalue weighted by Crippen LogP contribution is 2.27. The van der Waals surface area contributed by atoms with E-state index in [0.29, 0.717) is 5.56 Å². The molecule has 3 aromatic rings. The van der Waals surface area contributed by atoms with Gasteiger partial charge in [-0.2, -0.15) is 5.10 Å². The standard InChI is InChI=1S/C21H26N4O/c1-13(2)25-19-17(12-22-25)16(20(26)24-21(4,5)6)11-18(23-19)15-9-7-14(3)8-10-15/h7-13H,1-6H3,(H,24,26). The summed E-state index contributed by atoms with van der Waals surface area (Å²) in [5.74, 6) is -0.110. The van der Waals surface area contributed by atoms with Gasteiger partial charge in [0.15, 0.2) is 5.65 Å². The Labute approximate surface area is 154 Å². The Balaban J connectivity index is 2.21. The second-order valence-electron chi connectivity index (χ2n) is 8.05. The number of pyridine rings is 1. The van der Waals surface area contributed by atoms with Crippen LogP contribution < -0.4 is 5.32 Å². The molecule has 0 saturated heterocycles. The number of carbonyl (C=O) groups is 1. The van der Waals surface area contributed by atoms with Crippen LogP contribution in [0.5, 0.6) is 0 Å². The molecule has 5 nitrogen and oxygen atoms in total. The van der Waals surface area contributed by atoms with E-state index in [9.17, 15) is 4.79 Å². The third kappa shape index (κ3) is 3.62. The smallest absolute Gasteiger partial charge is 0.252 e. The SMILES string of the molecule is Cc1ccc(-c2cc(C(=O)NC(C)(C)C)c3cnn(C(C)C)c3n2)cc1. The molecule has 1 aromatic carbocycles. The zero-order chi connectivity index (χ0) is 19.1. The van der Waals surface area contributed by atoms with Crippen molar-refractivity contribution in [2.45, 2.75) is 53.1 Å². The van der Waals surface area contributed by atoms with Crippen LogP contribution in [0.25, 0.3) is 22.3 Å². The molecule has 0 bridgehead atoms. The van der Waals surface area contributed by atoms with Crippen molar-refractivity contribution in [1.29, 1.82) is 0 Å². The quantitative estimate of drug-likeness (QED) is 0.756. The maximum atomic E-state index is 12.9. The second kappa shape index (κ2) is 6.56. The minimum atomic E-state index is -0.315. The Bertz CT molecular complexity index is 947. The summed E-state index contributed by atoms with van der Waals surface area (Å²) < 4.78 is 1.86. The fraction of sp³-hybridized carbons (Fsp3) is 0.381. The van der Waals surface area contributed by atoms with E-state index in [4.69, 9.17) is 4.98 Å². The van der Waals surface area contributed by atoms with Crippen molar-refractivity contribution in [3.63, 3.8) is 0 Å². The molecule has 1 amide bonds. The van der Waals surface area contributed by atoms with Crippen LogP contribution in [0.4, 0.5) is 0 Å². The van der Waals surface area contributed by atoms with E-state index in [1.54, 1.807) is 6.20 Å². The molecule has 0 aliphatic carbocycles. The van der Waals surface area contributed by atoms with Gasteiger partial charge in [0, 0.05) is 17.1 Å². The summed E-state index contributed by atoms with van der Waals surface area (Å²) in [6.45, 7) is 12.1. The molecule has 0 fully saturated rings. The van der Waals surface area contributed by atoms with Gasteiger partial charge in [-0.05, 0) is 47.6 Å². The number of nitrogens with one attached hydrogen (secondary N) is 1. The Morgan fingerprint density at radius 2 is 1.81 bits per heavy atom. The maximum absolute atomic E-state index is 12.9. The molecule has 0 spiro atoms. The van der Waals surface area contributed by atoms with Crippen molar-refractivity contribution in [2.75, 3.05) is 0 Å². The van der Waals surface area contributed by atoms with Crippen LogP contribution in [0.15, 0.2) is 36.5 Å². The van der Waals surface area contributed by atoms with Crippen LogP contribution in [0, 0.1) is 6.92 Å². The van der Waals surface area contributed by atoms with Gasteiger partial charge in [0.2, 0.25) is 0 Å². The Hall–Kier alpha value is -2.69. The number of aryl methyl sites for hydroxylation is 1. The lowest BCUT2D eigenvalue weighted by Gasteiger charge is -2.21. The molecule has 0 radical (unpaired) electrons. The van der Waals surface area contributed by atoms with E-state index in [1.807, 2.05) is 43.7 Å². The molecule has 3 rings (SSSR count). The summed E-state index contributed by atoms with van der Waals surface area (Å²) in [6.07, 6.45) is 1.73. The second-order valence-corrected chi connectivity index (χ2v) is 8.05. The Kier molecular flexibility index (Phi) is 4.57. The van der Waals surface area contributed by atoms with Crippen molar-refractivity contribution in [2.24, 2.45) is 0 Å². The summed E-state index contributed by atoms with van der Waals surface area (Å²) >= 11 is 0. The highest BCUT2D eigenvalue weighted by Gasteiger charge is 2.21. The minimum Gasteiger partial charge on any atom is -0.347 e. The van der Waals surface area contributed by atoms with E-state index >= 15 is 0 Å². The minimum absolute atomic E-state index is 0.110. The van der Waals surface area contributed by atoms with E-state index in [1.165, 1.54) is 5.56 Å². The average molecular weight is 350 g/mol. The molecule has 0 aliphatic heterocycles. The van der Waals surface area contributed by atoms with Crippen molar-refractivity contribution in [3.05, 3.63) is 47.7 Å². The third-order valence-electron chi connectivity index (χ3n) is 4.14. The first-order valence-corrected chi connectivity index (χ1v) is 8.93. The predicted octanol–water partition coefficient (Wildman–Crippen LogP) is 4.52. The number of carbonyl (C=O) groups excluding carboxylic acids is 1. The number of nitrogens with zero attached hydrogens (tertiary/aromatic N) is 3. The first-order chi connectivity index (χ1) is 12.2. The number of hydrogen-bond donors (Lipinski definition) is 1. The van der Waals surface area contributed by atoms with Gasteiger partial charge in [-0.3, -0.25) is 4.79 Å². The van der Waals surface area contributed by atoms with Gasteiger partial charge in [-0.15, -0.1) is 0 Å². The van der Waals surface area contributed by atoms with Crippen molar-refractivity contribution < 1.29 is 4.79 Å². The van der Waals surface area contributed by atoms with Gasteiger partial charge < -0.3 is 5.32 Å². The predicted molar refractivity (Wildman–Crippen MR) is 105 cm³/mol. The van der Waals surface area contributed by atoms with E-state index in [2.05, 4.69) is 43.3 Å². The summed E-state index contributed by atoms with van der Waals surface area (Å²) in [7, 11) is 0. The molecular weight excluding hydrogens is 324 g/mol. The molecule has 1 N–H and O–H groups in total. The molecule has 26 heavy (non-hydrogen) atoms. The Morgan fingerprint density at radius 1 is 1.15 bits per heavy atom. The first-order valence-electron chi connectivity index (χ1n) is 8.93. The monoisotopic (exact) mass is 350 g/mol. The van der Waals surface area contributed by atoms with Gasteiger partial charge in [-0.25, -0.2) is 9.67 Å². The van der Waals surface area contributed by atoms with Crippen LogP contribution in [0.3, 0.4) is 0 Å². The highest BCUT2D eigenvalue weighted by molar-refractivity contribution is 6.06. The van der Waals surface area contributed by atoms with Gasteiger partial charge in [-0.1, -0.05) is 29.8 Å². The fourth-order valence-electron chi connectivity index (χ4n) is 2.86. The van der Waals surface area contributed by atoms with Crippen molar-refractivity contribution >= 4 is 16.9 Å². The van der Waals surface area contributed by atoms with Gasteiger partial charge in [0.25, 0.3) is 5.91 Å². The van der Waals surface area contributed by atoms with E-state index in [0.717, 1.165) is 22.3 Å². The summed E-state index contributed by atoms with van der Waals surface area (Å²) in [5, 5.41) is 8.28. The lowest BCUT2D eigenvalue weighted by Crippen LogP contribution is -2.40. The number of aromatic nitrogens is 3. The van der Waals surface area contributed by atoms with Crippen LogP contribution in [-0.2, 0) is 0 Å². The van der Waals surface area contributed by atoms with Crippen molar-refractivity contribution in [1.82, 2.24) is 20.1 Å². The molecule has 136 valence electrons. The molecule has 2 heterocycles. The molecule has 0 aliphatic rings. The number of hydrogen-bond acceptors (Lipinski definition) is 3. The molecule has 5 heteroatoms. The zero-order valence-electron chi connectivity index (χ0n) is 16.3. The van der Waals surface area contributed by atoms with Gasteiger partial charge in [0.1, 0.15) is 0 Å². The fourth-order valence-corrected chi connectivity index (χ4v) is 2.86. The molecule has 0 unspecified atom stereocenters. The van der Waals surface area contributed by atoms with E-state index < -0.39 is 0 Å². The summed E-state index contributed by atoms with van der Waals surface area (Å²) in [6, 6.07) is 10.2. The topological polar surface area (TPSA) is 59.8 Å². The number of rotatable bonds is 3. The molecule has 0 saturated carbocycles. The third-order valence-corrected chi connectivity index (χ3v) is 4.14. The van der Waals surface area contributed by atoms with Crippen LogP contribution in [0.2, 0.25) is 0 Å². The number of fused-ring (bicyclic) bond motifs is 1. The Morgan fingerprint density at radius 3 is 2.38 bits per heavy atom. The zero-order valence-corrected chi connectivity index (χ0v) is 16.3. The molecule has 0 atom stereocenters. The normalized spacial score (nSPS) is 12.0. The first kappa shape index (κ1) is 18.1. The van der Waals surface area contributed by atoms with Crippen LogP contribution in [0.1, 0.15) is 56.6 Å². The van der Waals surface area contributed by atoms with Crippen LogP contribution >= 0.6 is 0 Å². The van der Waals surface area contributed by atoms with Crippen molar-refractivity contribution in [3.8, 4) is 11.3 Å². The molecular formula is C21H26N4O. The van der Waals surface area contributed by atoms with Gasteiger partial charge >= 0.3 is 0 Å². The molecule has 2 aromatic heterocycles. The summed E-state index contributed by atoms with van der Waals surface area (Å²) in [5.41, 5.74) is 3.97. The lowest BCUT2D eigenvalue weighted by molar-refractivity contribution is 0.0921. The summed E-state index contributed by atoms with van der Waals surface area (Å²) in [4.78, 5) is 17.7. The number of amides is 1. The van der Waals surface area contributed by atoms with Gasteiger partial charge in [0.05, 0.1) is 22.8 Å². The maximum Gasteiger partial charge on any atom is 0.252 e. The lowest BCUT2D eigenvalue weighted by atomic mass is 10.0. The largest absolute Gasteiger partial charge is 0.347 e. The number of benzene rings is 1. The van der Waals surface area contributed by atoms with Crippen LogP contribution in [-0.4, -0.2) is 26.2 Å². The average Bonchev–Trinajstić information content (AvgIpc) is 2.97. The highest BCUT2D eigenvalue weighted by atomic mass is 16.1. The van der Waals surface area contributed by atoms with E-state index in [-0.39, 0.29) is 17.5 Å².